The Labute approximate surface area is 111 Å². The summed E-state index contributed by atoms with van der Waals surface area (Å²) in [6.07, 6.45) is 1.86. The fourth-order valence-corrected chi connectivity index (χ4v) is 2.34. The number of carbonyl (C=O) groups excluding carboxylic acids is 1. The lowest BCUT2D eigenvalue weighted by Gasteiger charge is -2.01. The second-order valence-corrected chi connectivity index (χ2v) is 4.68. The van der Waals surface area contributed by atoms with Gasteiger partial charge in [0.1, 0.15) is 5.69 Å². The number of nitrogens with zero attached hydrogens (tertiary/aromatic N) is 2. The molecule has 0 bridgehead atoms. The maximum absolute atomic E-state index is 11.9. The van der Waals surface area contributed by atoms with Gasteiger partial charge in [-0.1, -0.05) is 29.8 Å². The van der Waals surface area contributed by atoms with Gasteiger partial charge in [0.2, 0.25) is 0 Å². The van der Waals surface area contributed by atoms with E-state index in [0.717, 1.165) is 22.3 Å². The van der Waals surface area contributed by atoms with Gasteiger partial charge in [0.05, 0.1) is 11.1 Å². The van der Waals surface area contributed by atoms with Crippen LogP contribution >= 0.6 is 0 Å². The molecule has 0 unspecified atom stereocenters. The molecule has 0 radical (unpaired) electrons. The van der Waals surface area contributed by atoms with Gasteiger partial charge in [-0.15, -0.1) is 0 Å². The number of hydrogen-bond acceptors (Lipinski definition) is 2. The quantitative estimate of drug-likeness (QED) is 0.652. The number of Topliss-reactive ketones (excluding diaryl/α,β-unsaturated/α-hetero) is 1. The Morgan fingerprint density at radius 2 is 2.00 bits per heavy atom. The third-order valence-corrected chi connectivity index (χ3v) is 3.18. The van der Waals surface area contributed by atoms with Gasteiger partial charge in [-0.25, -0.2) is 4.52 Å². The summed E-state index contributed by atoms with van der Waals surface area (Å²) in [7, 11) is 0. The number of pyridine rings is 1. The molecule has 2 aromatic heterocycles. The Morgan fingerprint density at radius 3 is 2.74 bits per heavy atom. The first-order valence-electron chi connectivity index (χ1n) is 6.22. The molecule has 3 nitrogen and oxygen atoms in total. The lowest BCUT2D eigenvalue weighted by Crippen LogP contribution is -1.94. The molecule has 2 heterocycles. The summed E-state index contributed by atoms with van der Waals surface area (Å²) in [5.74, 6) is 0.0395. The van der Waals surface area contributed by atoms with Crippen molar-refractivity contribution in [2.45, 2.75) is 13.8 Å². The van der Waals surface area contributed by atoms with Crippen molar-refractivity contribution in [2.24, 2.45) is 0 Å². The SMILES string of the molecule is CC(=O)c1c(-c2cccc(C)c2)nn2ccccc12. The van der Waals surface area contributed by atoms with Crippen LogP contribution in [0.1, 0.15) is 22.8 Å². The first-order chi connectivity index (χ1) is 9.16. The Hall–Kier alpha value is -2.42. The zero-order chi connectivity index (χ0) is 13.4. The van der Waals surface area contributed by atoms with E-state index in [4.69, 9.17) is 0 Å². The molecule has 0 amide bonds. The fraction of sp³-hybridized carbons (Fsp3) is 0.125. The molecule has 3 heteroatoms. The summed E-state index contributed by atoms with van der Waals surface area (Å²) < 4.78 is 1.76. The molecular formula is C16H14N2O. The van der Waals surface area contributed by atoms with Gasteiger partial charge >= 0.3 is 0 Å². The second-order valence-electron chi connectivity index (χ2n) is 4.68. The lowest BCUT2D eigenvalue weighted by molar-refractivity contribution is 0.102. The molecule has 19 heavy (non-hydrogen) atoms. The molecule has 1 aromatic carbocycles. The molecule has 0 aliphatic rings. The van der Waals surface area contributed by atoms with Crippen LogP contribution in [0.15, 0.2) is 48.7 Å². The highest BCUT2D eigenvalue weighted by atomic mass is 16.1. The number of rotatable bonds is 2. The molecule has 0 saturated heterocycles. The van der Waals surface area contributed by atoms with Crippen LogP contribution in [0.3, 0.4) is 0 Å². The van der Waals surface area contributed by atoms with Gasteiger partial charge in [-0.2, -0.15) is 5.10 Å². The molecule has 0 atom stereocenters. The van der Waals surface area contributed by atoms with Crippen molar-refractivity contribution in [1.29, 1.82) is 0 Å². The van der Waals surface area contributed by atoms with Crippen LogP contribution < -0.4 is 0 Å². The first kappa shape index (κ1) is 11.7. The maximum Gasteiger partial charge on any atom is 0.164 e. The van der Waals surface area contributed by atoms with Crippen molar-refractivity contribution in [3.63, 3.8) is 0 Å². The summed E-state index contributed by atoms with van der Waals surface area (Å²) in [5, 5.41) is 4.54. The predicted molar refractivity (Wildman–Crippen MR) is 75.4 cm³/mol. The summed E-state index contributed by atoms with van der Waals surface area (Å²) >= 11 is 0. The number of hydrogen-bond donors (Lipinski definition) is 0. The van der Waals surface area contributed by atoms with Gasteiger partial charge in [-0.05, 0) is 32.0 Å². The standard InChI is InChI=1S/C16H14N2O/c1-11-6-5-7-13(10-11)16-15(12(2)19)14-8-3-4-9-18(14)17-16/h3-10H,1-2H3. The molecule has 0 saturated carbocycles. The predicted octanol–water partition coefficient (Wildman–Crippen LogP) is 3.51. The second kappa shape index (κ2) is 4.35. The van der Waals surface area contributed by atoms with Gasteiger partial charge in [0, 0.05) is 11.8 Å². The number of benzene rings is 1. The van der Waals surface area contributed by atoms with Crippen LogP contribution in [0.25, 0.3) is 16.8 Å². The zero-order valence-electron chi connectivity index (χ0n) is 10.9. The minimum absolute atomic E-state index is 0.0395. The summed E-state index contributed by atoms with van der Waals surface area (Å²) in [4.78, 5) is 11.9. The van der Waals surface area contributed by atoms with Crippen molar-refractivity contribution in [3.8, 4) is 11.3 Å². The zero-order valence-corrected chi connectivity index (χ0v) is 10.9. The third kappa shape index (κ3) is 1.93. The van der Waals surface area contributed by atoms with E-state index in [1.165, 1.54) is 0 Å². The summed E-state index contributed by atoms with van der Waals surface area (Å²) in [5.41, 5.74) is 4.43. The summed E-state index contributed by atoms with van der Waals surface area (Å²) in [6, 6.07) is 13.8. The highest BCUT2D eigenvalue weighted by Gasteiger charge is 2.17. The average molecular weight is 250 g/mol. The van der Waals surface area contributed by atoms with Crippen LogP contribution in [0.2, 0.25) is 0 Å². The Morgan fingerprint density at radius 1 is 1.16 bits per heavy atom. The number of ketones is 1. The van der Waals surface area contributed by atoms with E-state index in [0.29, 0.717) is 5.56 Å². The highest BCUT2D eigenvalue weighted by Crippen LogP contribution is 2.27. The first-order valence-corrected chi connectivity index (χ1v) is 6.22. The van der Waals surface area contributed by atoms with E-state index in [1.54, 1.807) is 11.4 Å². The number of fused-ring (bicyclic) bond motifs is 1. The van der Waals surface area contributed by atoms with E-state index < -0.39 is 0 Å². The Kier molecular flexibility index (Phi) is 2.67. The minimum Gasteiger partial charge on any atom is -0.294 e. The van der Waals surface area contributed by atoms with Gasteiger partial charge < -0.3 is 0 Å². The number of carbonyl (C=O) groups is 1. The van der Waals surface area contributed by atoms with Gasteiger partial charge in [-0.3, -0.25) is 4.79 Å². The largest absolute Gasteiger partial charge is 0.294 e. The topological polar surface area (TPSA) is 34.4 Å². The van der Waals surface area contributed by atoms with Crippen LogP contribution in [-0.4, -0.2) is 15.4 Å². The van der Waals surface area contributed by atoms with E-state index in [9.17, 15) is 4.79 Å². The molecule has 0 aliphatic carbocycles. The normalized spacial score (nSPS) is 10.8. The molecule has 0 spiro atoms. The molecular weight excluding hydrogens is 236 g/mol. The molecule has 0 N–H and O–H groups in total. The van der Waals surface area contributed by atoms with E-state index in [2.05, 4.69) is 5.10 Å². The van der Waals surface area contributed by atoms with Gasteiger partial charge in [0.25, 0.3) is 0 Å². The summed E-state index contributed by atoms with van der Waals surface area (Å²) in [6.45, 7) is 3.62. The lowest BCUT2D eigenvalue weighted by atomic mass is 10.0. The van der Waals surface area contributed by atoms with E-state index in [1.807, 2.05) is 55.6 Å². The molecule has 0 aliphatic heterocycles. The fourth-order valence-electron chi connectivity index (χ4n) is 2.34. The van der Waals surface area contributed by atoms with Crippen molar-refractivity contribution in [1.82, 2.24) is 9.61 Å². The average Bonchev–Trinajstić information content (AvgIpc) is 2.78. The number of aromatic nitrogens is 2. The van der Waals surface area contributed by atoms with Crippen molar-refractivity contribution in [2.75, 3.05) is 0 Å². The molecule has 3 rings (SSSR count). The van der Waals surface area contributed by atoms with Crippen molar-refractivity contribution >= 4 is 11.3 Å². The molecule has 3 aromatic rings. The molecule has 0 fully saturated rings. The smallest absolute Gasteiger partial charge is 0.164 e. The maximum atomic E-state index is 11.9. The van der Waals surface area contributed by atoms with Crippen molar-refractivity contribution in [3.05, 3.63) is 59.8 Å². The Bertz CT molecular complexity index is 771. The van der Waals surface area contributed by atoms with Crippen molar-refractivity contribution < 1.29 is 4.79 Å². The van der Waals surface area contributed by atoms with E-state index >= 15 is 0 Å². The van der Waals surface area contributed by atoms with Crippen LogP contribution in [-0.2, 0) is 0 Å². The Balaban J connectivity index is 2.34. The third-order valence-electron chi connectivity index (χ3n) is 3.18. The van der Waals surface area contributed by atoms with Crippen LogP contribution in [0.4, 0.5) is 0 Å². The number of aryl methyl sites for hydroxylation is 1. The molecule has 94 valence electrons. The highest BCUT2D eigenvalue weighted by molar-refractivity contribution is 6.06. The van der Waals surface area contributed by atoms with Crippen LogP contribution in [0.5, 0.6) is 0 Å². The van der Waals surface area contributed by atoms with Crippen LogP contribution in [0, 0.1) is 6.92 Å². The van der Waals surface area contributed by atoms with E-state index in [-0.39, 0.29) is 5.78 Å². The minimum atomic E-state index is 0.0395. The monoisotopic (exact) mass is 250 g/mol. The van der Waals surface area contributed by atoms with Gasteiger partial charge in [0.15, 0.2) is 5.78 Å².